The maximum atomic E-state index is 13.2. The summed E-state index contributed by atoms with van der Waals surface area (Å²) in [4.78, 5) is 0. The van der Waals surface area contributed by atoms with Crippen molar-refractivity contribution in [3.05, 3.63) is 71.8 Å². The Morgan fingerprint density at radius 2 is 1.35 bits per heavy atom. The van der Waals surface area contributed by atoms with E-state index in [1.165, 1.54) is 0 Å². The predicted octanol–water partition coefficient (Wildman–Crippen LogP) is 4.85. The SMILES string of the molecule is O=P(OCc1ccccc1)(OCc1ccccc1)OC1CCCCC1O. The minimum atomic E-state index is -3.82. The van der Waals surface area contributed by atoms with Crippen molar-refractivity contribution in [3.8, 4) is 0 Å². The summed E-state index contributed by atoms with van der Waals surface area (Å²) in [6.45, 7) is 0.242. The van der Waals surface area contributed by atoms with E-state index in [0.717, 1.165) is 24.0 Å². The third-order valence-electron chi connectivity index (χ3n) is 4.40. The number of aliphatic hydroxyl groups is 1. The Morgan fingerprint density at radius 3 is 1.85 bits per heavy atom. The van der Waals surface area contributed by atoms with Crippen LogP contribution >= 0.6 is 7.82 Å². The number of benzene rings is 2. The first-order chi connectivity index (χ1) is 12.6. The van der Waals surface area contributed by atoms with Crippen molar-refractivity contribution in [2.75, 3.05) is 0 Å². The molecule has 140 valence electrons. The van der Waals surface area contributed by atoms with Gasteiger partial charge in [-0.3, -0.25) is 13.6 Å². The lowest BCUT2D eigenvalue weighted by molar-refractivity contribution is -0.0228. The van der Waals surface area contributed by atoms with Crippen LogP contribution in [-0.2, 0) is 31.4 Å². The maximum absolute atomic E-state index is 13.2. The third kappa shape index (κ3) is 5.76. The van der Waals surface area contributed by atoms with Gasteiger partial charge in [0.05, 0.1) is 25.4 Å². The van der Waals surface area contributed by atoms with E-state index in [0.29, 0.717) is 12.8 Å². The highest BCUT2D eigenvalue weighted by Gasteiger charge is 2.35. The molecule has 0 aromatic heterocycles. The number of hydrogen-bond donors (Lipinski definition) is 1. The van der Waals surface area contributed by atoms with E-state index in [4.69, 9.17) is 13.6 Å². The van der Waals surface area contributed by atoms with Gasteiger partial charge >= 0.3 is 7.82 Å². The van der Waals surface area contributed by atoms with Crippen LogP contribution in [0.3, 0.4) is 0 Å². The fourth-order valence-electron chi connectivity index (χ4n) is 2.92. The zero-order valence-electron chi connectivity index (χ0n) is 14.7. The van der Waals surface area contributed by atoms with E-state index < -0.39 is 20.0 Å². The van der Waals surface area contributed by atoms with Gasteiger partial charge in [-0.05, 0) is 24.0 Å². The molecule has 0 aliphatic heterocycles. The molecular formula is C20H25O5P. The number of aliphatic hydroxyl groups excluding tert-OH is 1. The summed E-state index contributed by atoms with van der Waals surface area (Å²) < 4.78 is 30.1. The Morgan fingerprint density at radius 1 is 0.846 bits per heavy atom. The summed E-state index contributed by atoms with van der Waals surface area (Å²) in [5, 5.41) is 10.1. The van der Waals surface area contributed by atoms with E-state index in [2.05, 4.69) is 0 Å². The largest absolute Gasteiger partial charge is 0.475 e. The quantitative estimate of drug-likeness (QED) is 0.668. The standard InChI is InChI=1S/C20H25O5P/c21-19-13-7-8-14-20(19)25-26(22,23-15-17-9-3-1-4-10-17)24-16-18-11-5-2-6-12-18/h1-6,9-12,19-21H,7-8,13-16H2. The summed E-state index contributed by atoms with van der Waals surface area (Å²) in [5.74, 6) is 0. The van der Waals surface area contributed by atoms with Crippen molar-refractivity contribution >= 4 is 7.82 Å². The second-order valence-corrected chi connectivity index (χ2v) is 8.08. The first-order valence-corrected chi connectivity index (χ1v) is 10.4. The van der Waals surface area contributed by atoms with Crippen LogP contribution in [0.4, 0.5) is 0 Å². The van der Waals surface area contributed by atoms with Crippen LogP contribution in [0.5, 0.6) is 0 Å². The van der Waals surface area contributed by atoms with Gasteiger partial charge in [-0.2, -0.15) is 0 Å². The molecule has 0 saturated heterocycles. The molecule has 1 aliphatic carbocycles. The summed E-state index contributed by atoms with van der Waals surface area (Å²) in [6.07, 6.45) is 2.00. The molecule has 2 atom stereocenters. The summed E-state index contributed by atoms with van der Waals surface area (Å²) >= 11 is 0. The van der Waals surface area contributed by atoms with E-state index >= 15 is 0 Å². The van der Waals surface area contributed by atoms with Gasteiger partial charge in [-0.25, -0.2) is 4.57 Å². The van der Waals surface area contributed by atoms with Crippen LogP contribution in [-0.4, -0.2) is 17.3 Å². The van der Waals surface area contributed by atoms with Gasteiger partial charge in [0.1, 0.15) is 0 Å². The number of rotatable bonds is 8. The van der Waals surface area contributed by atoms with E-state index in [-0.39, 0.29) is 13.2 Å². The Labute approximate surface area is 154 Å². The Balaban J connectivity index is 1.67. The zero-order chi connectivity index (χ0) is 18.2. The smallest absolute Gasteiger partial charge is 0.390 e. The van der Waals surface area contributed by atoms with E-state index in [1.807, 2.05) is 60.7 Å². The monoisotopic (exact) mass is 376 g/mol. The minimum absolute atomic E-state index is 0.121. The molecule has 2 aromatic rings. The number of hydrogen-bond acceptors (Lipinski definition) is 5. The molecule has 0 amide bonds. The molecule has 0 radical (unpaired) electrons. The van der Waals surface area contributed by atoms with Crippen LogP contribution < -0.4 is 0 Å². The molecule has 0 bridgehead atoms. The molecule has 1 fully saturated rings. The van der Waals surface area contributed by atoms with Crippen LogP contribution in [0.15, 0.2) is 60.7 Å². The van der Waals surface area contributed by atoms with Gasteiger partial charge in [0, 0.05) is 0 Å². The van der Waals surface area contributed by atoms with Crippen molar-refractivity contribution in [2.45, 2.75) is 51.1 Å². The van der Waals surface area contributed by atoms with Gasteiger partial charge in [-0.1, -0.05) is 73.5 Å². The molecule has 0 spiro atoms. The molecule has 0 heterocycles. The zero-order valence-corrected chi connectivity index (χ0v) is 15.6. The normalized spacial score (nSPS) is 20.8. The molecule has 1 saturated carbocycles. The lowest BCUT2D eigenvalue weighted by Gasteiger charge is -2.30. The average Bonchev–Trinajstić information content (AvgIpc) is 2.69. The average molecular weight is 376 g/mol. The number of phosphoric acid groups is 1. The fraction of sp³-hybridized carbons (Fsp3) is 0.400. The summed E-state index contributed by atoms with van der Waals surface area (Å²) in [6, 6.07) is 18.9. The van der Waals surface area contributed by atoms with Crippen molar-refractivity contribution in [3.63, 3.8) is 0 Å². The van der Waals surface area contributed by atoms with Crippen molar-refractivity contribution in [1.82, 2.24) is 0 Å². The molecule has 2 unspecified atom stereocenters. The second-order valence-electron chi connectivity index (χ2n) is 6.46. The summed E-state index contributed by atoms with van der Waals surface area (Å²) in [5.41, 5.74) is 1.76. The molecule has 3 rings (SSSR count). The highest BCUT2D eigenvalue weighted by atomic mass is 31.2. The predicted molar refractivity (Wildman–Crippen MR) is 99.4 cm³/mol. The van der Waals surface area contributed by atoms with Gasteiger partial charge in [0.2, 0.25) is 0 Å². The first-order valence-electron chi connectivity index (χ1n) is 8.98. The Kier molecular flexibility index (Phi) is 7.00. The van der Waals surface area contributed by atoms with Gasteiger partial charge in [0.15, 0.2) is 0 Å². The van der Waals surface area contributed by atoms with Crippen LogP contribution in [0.2, 0.25) is 0 Å². The number of phosphoric ester groups is 1. The van der Waals surface area contributed by atoms with E-state index in [9.17, 15) is 9.67 Å². The molecule has 1 aliphatic rings. The Hall–Kier alpha value is -1.49. The maximum Gasteiger partial charge on any atom is 0.475 e. The van der Waals surface area contributed by atoms with E-state index in [1.54, 1.807) is 0 Å². The Bertz CT molecular complexity index is 659. The van der Waals surface area contributed by atoms with Crippen LogP contribution in [0.25, 0.3) is 0 Å². The highest BCUT2D eigenvalue weighted by Crippen LogP contribution is 2.53. The highest BCUT2D eigenvalue weighted by molar-refractivity contribution is 7.48. The fourth-order valence-corrected chi connectivity index (χ4v) is 4.31. The molecule has 1 N–H and O–H groups in total. The minimum Gasteiger partial charge on any atom is -0.390 e. The first kappa shape index (κ1) is 19.3. The summed E-state index contributed by atoms with van der Waals surface area (Å²) in [7, 11) is -3.82. The molecule has 5 nitrogen and oxygen atoms in total. The van der Waals surface area contributed by atoms with Gasteiger partial charge < -0.3 is 5.11 Å². The molecular weight excluding hydrogens is 351 g/mol. The van der Waals surface area contributed by atoms with Crippen LogP contribution in [0, 0.1) is 0 Å². The van der Waals surface area contributed by atoms with Gasteiger partial charge in [0.25, 0.3) is 0 Å². The third-order valence-corrected chi connectivity index (χ3v) is 5.82. The topological polar surface area (TPSA) is 65.0 Å². The molecule has 2 aromatic carbocycles. The van der Waals surface area contributed by atoms with Crippen LogP contribution in [0.1, 0.15) is 36.8 Å². The van der Waals surface area contributed by atoms with Crippen molar-refractivity contribution < 1.29 is 23.2 Å². The van der Waals surface area contributed by atoms with Gasteiger partial charge in [-0.15, -0.1) is 0 Å². The lowest BCUT2D eigenvalue weighted by Crippen LogP contribution is -2.31. The van der Waals surface area contributed by atoms with Crippen molar-refractivity contribution in [2.24, 2.45) is 0 Å². The molecule has 6 heteroatoms. The lowest BCUT2D eigenvalue weighted by atomic mass is 9.95. The van der Waals surface area contributed by atoms with Crippen molar-refractivity contribution in [1.29, 1.82) is 0 Å². The second kappa shape index (κ2) is 9.45. The molecule has 26 heavy (non-hydrogen) atoms.